The highest BCUT2D eigenvalue weighted by atomic mass is 16.1. The topological polar surface area (TPSA) is 46.9 Å². The molecule has 5 rings (SSSR count). The lowest BCUT2D eigenvalue weighted by Gasteiger charge is -2.18. The minimum absolute atomic E-state index is 0.0576. The van der Waals surface area contributed by atoms with Crippen LogP contribution in [0.5, 0.6) is 0 Å². The largest absolute Gasteiger partial charge is 0.385 e. The van der Waals surface area contributed by atoms with E-state index in [1.54, 1.807) is 0 Å². The smallest absolute Gasteiger partial charge is 0.196 e. The summed E-state index contributed by atoms with van der Waals surface area (Å²) in [5.74, 6) is 0.0576. The van der Waals surface area contributed by atoms with Gasteiger partial charge in [-0.25, -0.2) is 4.68 Å². The third-order valence-electron chi connectivity index (χ3n) is 4.87. The van der Waals surface area contributed by atoms with Crippen molar-refractivity contribution in [3.63, 3.8) is 0 Å². The number of fused-ring (bicyclic) bond motifs is 2. The summed E-state index contributed by atoms with van der Waals surface area (Å²) < 4.78 is 1.93. The van der Waals surface area contributed by atoms with E-state index in [0.717, 1.165) is 45.6 Å². The van der Waals surface area contributed by atoms with E-state index >= 15 is 0 Å². The number of carbonyl (C=O) groups is 1. The Kier molecular flexibility index (Phi) is 3.19. The molecule has 126 valence electrons. The van der Waals surface area contributed by atoms with E-state index in [9.17, 15) is 4.79 Å². The van der Waals surface area contributed by atoms with Gasteiger partial charge in [0.2, 0.25) is 0 Å². The molecule has 0 atom stereocenters. The molecule has 0 amide bonds. The second kappa shape index (κ2) is 5.56. The number of aromatic nitrogens is 2. The van der Waals surface area contributed by atoms with Crippen LogP contribution < -0.4 is 5.32 Å². The van der Waals surface area contributed by atoms with Gasteiger partial charge in [0.25, 0.3) is 0 Å². The Bertz CT molecular complexity index is 1160. The maximum atomic E-state index is 13.3. The average Bonchev–Trinajstić information content (AvgIpc) is 3.08. The Morgan fingerprint density at radius 2 is 1.69 bits per heavy atom. The summed E-state index contributed by atoms with van der Waals surface area (Å²) in [6.45, 7) is 2.79. The fourth-order valence-corrected chi connectivity index (χ4v) is 3.78. The van der Waals surface area contributed by atoms with Crippen molar-refractivity contribution >= 4 is 22.4 Å². The minimum atomic E-state index is 0.0576. The molecule has 3 aromatic carbocycles. The van der Waals surface area contributed by atoms with Gasteiger partial charge >= 0.3 is 0 Å². The summed E-state index contributed by atoms with van der Waals surface area (Å²) in [5.41, 5.74) is 6.01. The van der Waals surface area contributed by atoms with E-state index in [1.165, 1.54) is 0 Å². The standard InChI is InChI=1S/C22H17N3O/c1-2-23-17-12-6-10-15-19(17)22(26)16-11-7-13-18-20(16)21(15)24-25(18)14-8-4-3-5-9-14/h3-13,23H,2H2,1H3. The molecule has 0 unspecified atom stereocenters. The van der Waals surface area contributed by atoms with Crippen molar-refractivity contribution in [3.05, 3.63) is 77.9 Å². The second-order valence-corrected chi connectivity index (χ2v) is 6.38. The fourth-order valence-electron chi connectivity index (χ4n) is 3.78. The van der Waals surface area contributed by atoms with Crippen molar-refractivity contribution in [2.45, 2.75) is 6.92 Å². The number of anilines is 1. The molecule has 1 aromatic heterocycles. The van der Waals surface area contributed by atoms with Crippen LogP contribution in [0.25, 0.3) is 27.8 Å². The van der Waals surface area contributed by atoms with E-state index in [1.807, 2.05) is 78.3 Å². The van der Waals surface area contributed by atoms with Crippen LogP contribution in [0, 0.1) is 0 Å². The molecule has 0 saturated carbocycles. The summed E-state index contributed by atoms with van der Waals surface area (Å²) in [7, 11) is 0. The van der Waals surface area contributed by atoms with Crippen LogP contribution in [0.3, 0.4) is 0 Å². The highest BCUT2D eigenvalue weighted by Gasteiger charge is 2.30. The van der Waals surface area contributed by atoms with Gasteiger partial charge in [0, 0.05) is 28.7 Å². The van der Waals surface area contributed by atoms with E-state index in [-0.39, 0.29) is 5.78 Å². The lowest BCUT2D eigenvalue weighted by molar-refractivity contribution is 0.104. The molecule has 4 aromatic rings. The number of benzene rings is 3. The predicted molar refractivity (Wildman–Crippen MR) is 104 cm³/mol. The van der Waals surface area contributed by atoms with Gasteiger partial charge in [-0.15, -0.1) is 0 Å². The highest BCUT2D eigenvalue weighted by Crippen LogP contribution is 2.42. The molecule has 4 nitrogen and oxygen atoms in total. The van der Waals surface area contributed by atoms with Crippen LogP contribution in [0.15, 0.2) is 66.7 Å². The fraction of sp³-hybridized carbons (Fsp3) is 0.0909. The SMILES string of the molecule is CCNc1cccc2c1C(=O)c1cccc3c1c-2nn3-c1ccccc1. The zero-order valence-electron chi connectivity index (χ0n) is 14.4. The Balaban J connectivity index is 1.88. The lowest BCUT2D eigenvalue weighted by atomic mass is 9.86. The van der Waals surface area contributed by atoms with Crippen molar-refractivity contribution in [1.82, 2.24) is 9.78 Å². The third kappa shape index (κ3) is 1.96. The molecule has 0 radical (unpaired) electrons. The Labute approximate surface area is 151 Å². The zero-order valence-corrected chi connectivity index (χ0v) is 14.4. The number of hydrogen-bond acceptors (Lipinski definition) is 3. The van der Waals surface area contributed by atoms with Gasteiger partial charge in [0.15, 0.2) is 5.78 Å². The zero-order chi connectivity index (χ0) is 17.7. The molecular weight excluding hydrogens is 322 g/mol. The molecule has 0 saturated heterocycles. The first kappa shape index (κ1) is 14.9. The van der Waals surface area contributed by atoms with E-state index in [2.05, 4.69) is 5.32 Å². The Hall–Kier alpha value is -3.40. The quantitative estimate of drug-likeness (QED) is 0.520. The number of nitrogens with one attached hydrogen (secondary N) is 1. The van der Waals surface area contributed by atoms with Crippen molar-refractivity contribution in [3.8, 4) is 16.9 Å². The summed E-state index contributed by atoms with van der Waals surface area (Å²) in [4.78, 5) is 13.3. The monoisotopic (exact) mass is 339 g/mol. The molecule has 0 spiro atoms. The van der Waals surface area contributed by atoms with Gasteiger partial charge in [0.05, 0.1) is 16.8 Å². The van der Waals surface area contributed by atoms with Gasteiger partial charge in [-0.3, -0.25) is 4.79 Å². The summed E-state index contributed by atoms with van der Waals surface area (Å²) in [5, 5.41) is 9.15. The Morgan fingerprint density at radius 3 is 2.50 bits per heavy atom. The van der Waals surface area contributed by atoms with Gasteiger partial charge in [0.1, 0.15) is 5.69 Å². The minimum Gasteiger partial charge on any atom is -0.385 e. The lowest BCUT2D eigenvalue weighted by Crippen LogP contribution is -2.13. The highest BCUT2D eigenvalue weighted by molar-refractivity contribution is 6.27. The van der Waals surface area contributed by atoms with E-state index in [0.29, 0.717) is 5.56 Å². The van der Waals surface area contributed by atoms with E-state index < -0.39 is 0 Å². The molecule has 0 aliphatic heterocycles. The number of carbonyl (C=O) groups excluding carboxylic acids is 1. The molecule has 0 fully saturated rings. The second-order valence-electron chi connectivity index (χ2n) is 6.38. The normalized spacial score (nSPS) is 12.3. The molecule has 26 heavy (non-hydrogen) atoms. The third-order valence-corrected chi connectivity index (χ3v) is 4.87. The number of ketones is 1. The molecule has 1 heterocycles. The first-order valence-corrected chi connectivity index (χ1v) is 8.78. The molecule has 4 heteroatoms. The number of hydrogen-bond donors (Lipinski definition) is 1. The van der Waals surface area contributed by atoms with Gasteiger partial charge < -0.3 is 5.32 Å². The summed E-state index contributed by atoms with van der Waals surface area (Å²) >= 11 is 0. The molecular formula is C22H17N3O. The van der Waals surface area contributed by atoms with E-state index in [4.69, 9.17) is 5.10 Å². The van der Waals surface area contributed by atoms with Crippen LogP contribution >= 0.6 is 0 Å². The maximum absolute atomic E-state index is 13.3. The van der Waals surface area contributed by atoms with Crippen LogP contribution in [0.2, 0.25) is 0 Å². The molecule has 1 aliphatic rings. The number of nitrogens with zero attached hydrogens (tertiary/aromatic N) is 2. The van der Waals surface area contributed by atoms with Crippen molar-refractivity contribution in [1.29, 1.82) is 0 Å². The maximum Gasteiger partial charge on any atom is 0.196 e. The van der Waals surface area contributed by atoms with Crippen molar-refractivity contribution < 1.29 is 4.79 Å². The first-order chi connectivity index (χ1) is 12.8. The number of rotatable bonds is 3. The average molecular weight is 339 g/mol. The van der Waals surface area contributed by atoms with Crippen LogP contribution in [0.4, 0.5) is 5.69 Å². The van der Waals surface area contributed by atoms with Crippen LogP contribution in [0.1, 0.15) is 22.8 Å². The Morgan fingerprint density at radius 1 is 0.923 bits per heavy atom. The van der Waals surface area contributed by atoms with Gasteiger partial charge in [-0.2, -0.15) is 5.10 Å². The summed E-state index contributed by atoms with van der Waals surface area (Å²) in [6.07, 6.45) is 0. The number of para-hydroxylation sites is 1. The van der Waals surface area contributed by atoms with Crippen LogP contribution in [-0.2, 0) is 0 Å². The molecule has 1 N–H and O–H groups in total. The molecule has 0 bridgehead atoms. The molecule has 1 aliphatic carbocycles. The van der Waals surface area contributed by atoms with Crippen molar-refractivity contribution in [2.24, 2.45) is 0 Å². The van der Waals surface area contributed by atoms with Gasteiger partial charge in [-0.05, 0) is 31.2 Å². The first-order valence-electron chi connectivity index (χ1n) is 8.78. The van der Waals surface area contributed by atoms with Gasteiger partial charge in [-0.1, -0.05) is 42.5 Å². The summed E-state index contributed by atoms with van der Waals surface area (Å²) in [6, 6.07) is 21.8. The van der Waals surface area contributed by atoms with Crippen LogP contribution in [-0.4, -0.2) is 22.1 Å². The van der Waals surface area contributed by atoms with Crippen molar-refractivity contribution in [2.75, 3.05) is 11.9 Å². The predicted octanol–water partition coefficient (Wildman–Crippen LogP) is 4.67.